The van der Waals surface area contributed by atoms with E-state index in [-0.39, 0.29) is 18.4 Å². The number of rotatable bonds is 6. The van der Waals surface area contributed by atoms with Gasteiger partial charge in [0.15, 0.2) is 0 Å². The van der Waals surface area contributed by atoms with Gasteiger partial charge < -0.3 is 9.84 Å². The minimum absolute atomic E-state index is 0.00767. The number of nitrogens with zero attached hydrogens (tertiary/aromatic N) is 2. The topological polar surface area (TPSA) is 66.1 Å². The standard InChI is InChI=1S/C17H18N2O2/c1-21-17-15(8-5-10-19-17)14(9-11-20)16(12-18)13-6-3-2-4-7-13/h2-8,10,14,16,20H,9,11H2,1H3/t14-,16+/m0/s1. The van der Waals surface area contributed by atoms with Crippen LogP contribution in [0.4, 0.5) is 0 Å². The molecule has 108 valence electrons. The molecule has 0 amide bonds. The van der Waals surface area contributed by atoms with E-state index in [1.165, 1.54) is 0 Å². The van der Waals surface area contributed by atoms with E-state index in [2.05, 4.69) is 11.1 Å². The summed E-state index contributed by atoms with van der Waals surface area (Å²) in [6.45, 7) is 0.00767. The van der Waals surface area contributed by atoms with Crippen LogP contribution in [0.15, 0.2) is 48.7 Å². The minimum atomic E-state index is -0.351. The van der Waals surface area contributed by atoms with Crippen molar-refractivity contribution >= 4 is 0 Å². The summed E-state index contributed by atoms with van der Waals surface area (Å²) >= 11 is 0. The zero-order valence-electron chi connectivity index (χ0n) is 11.9. The third-order valence-electron chi connectivity index (χ3n) is 3.53. The highest BCUT2D eigenvalue weighted by molar-refractivity contribution is 5.37. The van der Waals surface area contributed by atoms with Gasteiger partial charge in [0.1, 0.15) is 0 Å². The first-order valence-electron chi connectivity index (χ1n) is 6.86. The molecule has 0 saturated heterocycles. The van der Waals surface area contributed by atoms with Gasteiger partial charge in [-0.25, -0.2) is 4.98 Å². The van der Waals surface area contributed by atoms with Crippen LogP contribution in [0.3, 0.4) is 0 Å². The van der Waals surface area contributed by atoms with Crippen molar-refractivity contribution < 1.29 is 9.84 Å². The predicted molar refractivity (Wildman–Crippen MR) is 80.0 cm³/mol. The number of nitriles is 1. The summed E-state index contributed by atoms with van der Waals surface area (Å²) in [6, 6.07) is 15.7. The van der Waals surface area contributed by atoms with E-state index < -0.39 is 0 Å². The molecule has 0 aliphatic heterocycles. The second-order valence-corrected chi connectivity index (χ2v) is 4.74. The maximum atomic E-state index is 9.61. The zero-order valence-corrected chi connectivity index (χ0v) is 11.9. The molecular formula is C17H18N2O2. The summed E-state index contributed by atoms with van der Waals surface area (Å²) in [5.74, 6) is -0.00497. The van der Waals surface area contributed by atoms with E-state index in [0.29, 0.717) is 12.3 Å². The third-order valence-corrected chi connectivity index (χ3v) is 3.53. The first-order chi connectivity index (χ1) is 10.3. The van der Waals surface area contributed by atoms with Crippen LogP contribution in [0.1, 0.15) is 29.4 Å². The Labute approximate surface area is 124 Å². The van der Waals surface area contributed by atoms with E-state index in [0.717, 1.165) is 11.1 Å². The van der Waals surface area contributed by atoms with Crippen LogP contribution in [0.25, 0.3) is 0 Å². The average Bonchev–Trinajstić information content (AvgIpc) is 2.55. The molecule has 0 fully saturated rings. The number of aromatic nitrogens is 1. The van der Waals surface area contributed by atoms with Crippen molar-refractivity contribution in [3.05, 3.63) is 59.8 Å². The van der Waals surface area contributed by atoms with Gasteiger partial charge in [-0.15, -0.1) is 0 Å². The Morgan fingerprint density at radius 3 is 2.62 bits per heavy atom. The molecule has 0 aliphatic rings. The molecule has 4 nitrogen and oxygen atoms in total. The van der Waals surface area contributed by atoms with Crippen molar-refractivity contribution in [2.45, 2.75) is 18.3 Å². The molecule has 21 heavy (non-hydrogen) atoms. The van der Waals surface area contributed by atoms with E-state index in [9.17, 15) is 10.4 Å². The molecule has 0 saturated carbocycles. The van der Waals surface area contributed by atoms with Gasteiger partial charge in [-0.2, -0.15) is 5.26 Å². The summed E-state index contributed by atoms with van der Waals surface area (Å²) in [4.78, 5) is 4.20. The smallest absolute Gasteiger partial charge is 0.216 e. The molecule has 0 radical (unpaired) electrons. The quantitative estimate of drug-likeness (QED) is 0.884. The van der Waals surface area contributed by atoms with Crippen molar-refractivity contribution in [3.8, 4) is 11.9 Å². The lowest BCUT2D eigenvalue weighted by Crippen LogP contribution is -2.13. The summed E-state index contributed by atoms with van der Waals surface area (Å²) < 4.78 is 5.30. The maximum absolute atomic E-state index is 9.61. The van der Waals surface area contributed by atoms with E-state index in [4.69, 9.17) is 4.74 Å². The molecular weight excluding hydrogens is 264 g/mol. The Morgan fingerprint density at radius 2 is 2.00 bits per heavy atom. The van der Waals surface area contributed by atoms with Gasteiger partial charge in [-0.1, -0.05) is 36.4 Å². The first-order valence-corrected chi connectivity index (χ1v) is 6.86. The van der Waals surface area contributed by atoms with Gasteiger partial charge in [0.2, 0.25) is 5.88 Å². The van der Waals surface area contributed by atoms with Crippen molar-refractivity contribution in [2.24, 2.45) is 0 Å². The molecule has 0 spiro atoms. The van der Waals surface area contributed by atoms with Gasteiger partial charge in [0, 0.05) is 24.3 Å². The van der Waals surface area contributed by atoms with E-state index >= 15 is 0 Å². The highest BCUT2D eigenvalue weighted by Crippen LogP contribution is 2.38. The molecule has 2 atom stereocenters. The molecule has 1 heterocycles. The van der Waals surface area contributed by atoms with Gasteiger partial charge in [0.05, 0.1) is 19.1 Å². The summed E-state index contributed by atoms with van der Waals surface area (Å²) in [5.41, 5.74) is 1.79. The largest absolute Gasteiger partial charge is 0.481 e. The van der Waals surface area contributed by atoms with Crippen molar-refractivity contribution in [2.75, 3.05) is 13.7 Å². The fourth-order valence-electron chi connectivity index (χ4n) is 2.55. The van der Waals surface area contributed by atoms with Gasteiger partial charge >= 0.3 is 0 Å². The molecule has 2 rings (SSSR count). The number of pyridine rings is 1. The molecule has 0 aliphatic carbocycles. The molecule has 4 heteroatoms. The Bertz CT molecular complexity index is 608. The molecule has 0 unspecified atom stereocenters. The number of aliphatic hydroxyl groups is 1. The molecule has 2 aromatic rings. The van der Waals surface area contributed by atoms with Crippen LogP contribution in [-0.2, 0) is 0 Å². The molecule has 0 bridgehead atoms. The van der Waals surface area contributed by atoms with E-state index in [1.807, 2.05) is 42.5 Å². The fourth-order valence-corrected chi connectivity index (χ4v) is 2.55. The monoisotopic (exact) mass is 282 g/mol. The Hall–Kier alpha value is -2.38. The maximum Gasteiger partial charge on any atom is 0.216 e. The zero-order chi connectivity index (χ0) is 15.1. The third kappa shape index (κ3) is 3.39. The van der Waals surface area contributed by atoms with Crippen LogP contribution in [0, 0.1) is 11.3 Å². The minimum Gasteiger partial charge on any atom is -0.481 e. The van der Waals surface area contributed by atoms with Crippen LogP contribution in [-0.4, -0.2) is 23.8 Å². The number of ether oxygens (including phenoxy) is 1. The molecule has 1 N–H and O–H groups in total. The second-order valence-electron chi connectivity index (χ2n) is 4.74. The fraction of sp³-hybridized carbons (Fsp3) is 0.294. The number of benzene rings is 1. The molecule has 1 aromatic heterocycles. The van der Waals surface area contributed by atoms with Crippen LogP contribution < -0.4 is 4.74 Å². The van der Waals surface area contributed by atoms with Gasteiger partial charge in [0.25, 0.3) is 0 Å². The van der Waals surface area contributed by atoms with Crippen LogP contribution in [0.2, 0.25) is 0 Å². The summed E-state index contributed by atoms with van der Waals surface area (Å²) in [5, 5.41) is 19.0. The number of hydrogen-bond donors (Lipinski definition) is 1. The SMILES string of the molecule is COc1ncccc1[C@H](CCO)[C@H](C#N)c1ccccc1. The summed E-state index contributed by atoms with van der Waals surface area (Å²) in [6.07, 6.45) is 2.14. The Morgan fingerprint density at radius 1 is 1.24 bits per heavy atom. The predicted octanol–water partition coefficient (Wildman–Crippen LogP) is 2.86. The molecule has 1 aromatic carbocycles. The lowest BCUT2D eigenvalue weighted by atomic mass is 9.81. The Kier molecular flexibility index (Phi) is 5.30. The lowest BCUT2D eigenvalue weighted by Gasteiger charge is -2.23. The highest BCUT2D eigenvalue weighted by Gasteiger charge is 2.27. The summed E-state index contributed by atoms with van der Waals surface area (Å²) in [7, 11) is 1.56. The second kappa shape index (κ2) is 7.41. The lowest BCUT2D eigenvalue weighted by molar-refractivity contribution is 0.270. The first kappa shape index (κ1) is 15.0. The van der Waals surface area contributed by atoms with E-state index in [1.54, 1.807) is 13.3 Å². The number of aliphatic hydroxyl groups excluding tert-OH is 1. The number of methoxy groups -OCH3 is 1. The van der Waals surface area contributed by atoms with Gasteiger partial charge in [-0.05, 0) is 18.1 Å². The van der Waals surface area contributed by atoms with Crippen LogP contribution in [0.5, 0.6) is 5.88 Å². The van der Waals surface area contributed by atoms with Crippen LogP contribution >= 0.6 is 0 Å². The van der Waals surface area contributed by atoms with Crippen molar-refractivity contribution in [1.29, 1.82) is 5.26 Å². The number of hydrogen-bond acceptors (Lipinski definition) is 4. The highest BCUT2D eigenvalue weighted by atomic mass is 16.5. The Balaban J connectivity index is 2.44. The van der Waals surface area contributed by atoms with Gasteiger partial charge in [-0.3, -0.25) is 0 Å². The normalized spacial score (nSPS) is 13.2. The average molecular weight is 282 g/mol. The van der Waals surface area contributed by atoms with Crippen molar-refractivity contribution in [3.63, 3.8) is 0 Å². The van der Waals surface area contributed by atoms with Crippen molar-refractivity contribution in [1.82, 2.24) is 4.98 Å².